The van der Waals surface area contributed by atoms with Gasteiger partial charge in [0.2, 0.25) is 0 Å². The SMILES string of the molecule is CC(C)CN(Cc1ccc(CO)o1)CC(O)c1ccc(F)cc1. The van der Waals surface area contributed by atoms with Gasteiger partial charge in [-0.2, -0.15) is 0 Å². The molecule has 1 aromatic carbocycles. The van der Waals surface area contributed by atoms with E-state index in [2.05, 4.69) is 18.7 Å². The van der Waals surface area contributed by atoms with Gasteiger partial charge in [0.1, 0.15) is 23.9 Å². The van der Waals surface area contributed by atoms with E-state index >= 15 is 0 Å². The van der Waals surface area contributed by atoms with E-state index in [1.807, 2.05) is 6.07 Å². The van der Waals surface area contributed by atoms with Crippen molar-refractivity contribution in [3.05, 3.63) is 59.3 Å². The number of nitrogens with zero attached hydrogens (tertiary/aromatic N) is 1. The van der Waals surface area contributed by atoms with Gasteiger partial charge in [-0.25, -0.2) is 4.39 Å². The Morgan fingerprint density at radius 3 is 2.26 bits per heavy atom. The van der Waals surface area contributed by atoms with Crippen molar-refractivity contribution in [1.82, 2.24) is 4.90 Å². The lowest BCUT2D eigenvalue weighted by Gasteiger charge is -2.26. The first-order valence-corrected chi connectivity index (χ1v) is 7.82. The standard InChI is InChI=1S/C18H24FNO3/c1-13(2)9-20(10-16-7-8-17(12-21)23-16)11-18(22)14-3-5-15(19)6-4-14/h3-8,13,18,21-22H,9-12H2,1-2H3. The molecule has 2 N–H and O–H groups in total. The minimum atomic E-state index is -0.693. The third-order valence-electron chi connectivity index (χ3n) is 3.56. The van der Waals surface area contributed by atoms with Crippen molar-refractivity contribution < 1.29 is 19.0 Å². The summed E-state index contributed by atoms with van der Waals surface area (Å²) in [6.07, 6.45) is -0.693. The van der Waals surface area contributed by atoms with Crippen molar-refractivity contribution in [3.8, 4) is 0 Å². The third kappa shape index (κ3) is 5.46. The van der Waals surface area contributed by atoms with Gasteiger partial charge >= 0.3 is 0 Å². The third-order valence-corrected chi connectivity index (χ3v) is 3.56. The zero-order valence-corrected chi connectivity index (χ0v) is 13.6. The van der Waals surface area contributed by atoms with E-state index < -0.39 is 6.10 Å². The molecule has 126 valence electrons. The fourth-order valence-electron chi connectivity index (χ4n) is 2.57. The second-order valence-corrected chi connectivity index (χ2v) is 6.18. The van der Waals surface area contributed by atoms with Crippen LogP contribution in [0.15, 0.2) is 40.8 Å². The highest BCUT2D eigenvalue weighted by atomic mass is 19.1. The number of hydrogen-bond donors (Lipinski definition) is 2. The molecule has 0 saturated carbocycles. The van der Waals surface area contributed by atoms with Crippen molar-refractivity contribution in [2.45, 2.75) is 33.1 Å². The highest BCUT2D eigenvalue weighted by Crippen LogP contribution is 2.18. The molecule has 0 fully saturated rings. The normalized spacial score (nSPS) is 13.0. The summed E-state index contributed by atoms with van der Waals surface area (Å²) in [6.45, 7) is 5.88. The molecule has 1 aromatic heterocycles. The van der Waals surface area contributed by atoms with Crippen LogP contribution in [0.1, 0.15) is 37.0 Å². The van der Waals surface area contributed by atoms with Gasteiger partial charge in [0.15, 0.2) is 0 Å². The van der Waals surface area contributed by atoms with E-state index in [1.54, 1.807) is 18.2 Å². The topological polar surface area (TPSA) is 56.8 Å². The number of furan rings is 1. The Kier molecular flexibility index (Phi) is 6.33. The van der Waals surface area contributed by atoms with Gasteiger partial charge in [0.25, 0.3) is 0 Å². The van der Waals surface area contributed by atoms with Crippen molar-refractivity contribution in [3.63, 3.8) is 0 Å². The summed E-state index contributed by atoms with van der Waals surface area (Å²) in [4.78, 5) is 2.10. The highest BCUT2D eigenvalue weighted by Gasteiger charge is 2.17. The summed E-state index contributed by atoms with van der Waals surface area (Å²) < 4.78 is 18.5. The Hall–Kier alpha value is -1.69. The largest absolute Gasteiger partial charge is 0.462 e. The molecule has 5 heteroatoms. The van der Waals surface area contributed by atoms with Crippen LogP contribution in [-0.2, 0) is 13.2 Å². The highest BCUT2D eigenvalue weighted by molar-refractivity contribution is 5.18. The van der Waals surface area contributed by atoms with Gasteiger partial charge in [0, 0.05) is 13.1 Å². The zero-order valence-electron chi connectivity index (χ0n) is 13.6. The van der Waals surface area contributed by atoms with Gasteiger partial charge < -0.3 is 14.6 Å². The van der Waals surface area contributed by atoms with E-state index in [9.17, 15) is 9.50 Å². The lowest BCUT2D eigenvalue weighted by molar-refractivity contribution is 0.0965. The molecule has 1 unspecified atom stereocenters. The summed E-state index contributed by atoms with van der Waals surface area (Å²) in [6, 6.07) is 9.49. The van der Waals surface area contributed by atoms with Crippen LogP contribution in [0, 0.1) is 11.7 Å². The van der Waals surface area contributed by atoms with E-state index in [0.717, 1.165) is 12.3 Å². The molecule has 4 nitrogen and oxygen atoms in total. The average Bonchev–Trinajstić information content (AvgIpc) is 2.94. The average molecular weight is 321 g/mol. The molecule has 0 saturated heterocycles. The summed E-state index contributed by atoms with van der Waals surface area (Å²) in [5, 5.41) is 19.5. The minimum Gasteiger partial charge on any atom is -0.462 e. The van der Waals surface area contributed by atoms with E-state index in [0.29, 0.717) is 30.3 Å². The monoisotopic (exact) mass is 321 g/mol. The lowest BCUT2D eigenvalue weighted by atomic mass is 10.1. The molecule has 1 heterocycles. The Balaban J connectivity index is 2.03. The quantitative estimate of drug-likeness (QED) is 0.784. The number of halogens is 1. The molecule has 0 bridgehead atoms. The Labute approximate surface area is 136 Å². The second-order valence-electron chi connectivity index (χ2n) is 6.18. The summed E-state index contributed by atoms with van der Waals surface area (Å²) in [5.41, 5.74) is 0.690. The Morgan fingerprint density at radius 1 is 1.04 bits per heavy atom. The number of aliphatic hydroxyl groups is 2. The molecule has 0 radical (unpaired) electrons. The Morgan fingerprint density at radius 2 is 1.70 bits per heavy atom. The molecule has 0 aliphatic carbocycles. The molecule has 2 aromatic rings. The molecule has 1 atom stereocenters. The van der Waals surface area contributed by atoms with Crippen LogP contribution >= 0.6 is 0 Å². The molecule has 0 spiro atoms. The molecule has 23 heavy (non-hydrogen) atoms. The van der Waals surface area contributed by atoms with Crippen LogP contribution < -0.4 is 0 Å². The van der Waals surface area contributed by atoms with E-state index in [4.69, 9.17) is 9.52 Å². The van der Waals surface area contributed by atoms with E-state index in [1.165, 1.54) is 12.1 Å². The van der Waals surface area contributed by atoms with Crippen molar-refractivity contribution >= 4 is 0 Å². The van der Waals surface area contributed by atoms with Crippen LogP contribution in [-0.4, -0.2) is 28.2 Å². The maximum absolute atomic E-state index is 13.0. The molecular weight excluding hydrogens is 297 g/mol. The van der Waals surface area contributed by atoms with Gasteiger partial charge in [0.05, 0.1) is 12.6 Å². The first-order valence-electron chi connectivity index (χ1n) is 7.82. The molecule has 0 aliphatic heterocycles. The maximum Gasteiger partial charge on any atom is 0.129 e. The predicted molar refractivity (Wildman–Crippen MR) is 86.1 cm³/mol. The van der Waals surface area contributed by atoms with Crippen LogP contribution in [0.5, 0.6) is 0 Å². The predicted octanol–water partition coefficient (Wildman–Crippen LogP) is 3.10. The first kappa shape index (κ1) is 17.7. The second kappa shape index (κ2) is 8.24. The van der Waals surface area contributed by atoms with Crippen molar-refractivity contribution in [2.75, 3.05) is 13.1 Å². The lowest BCUT2D eigenvalue weighted by Crippen LogP contribution is -2.31. The van der Waals surface area contributed by atoms with Gasteiger partial charge in [-0.15, -0.1) is 0 Å². The van der Waals surface area contributed by atoms with Crippen LogP contribution in [0.25, 0.3) is 0 Å². The van der Waals surface area contributed by atoms with Gasteiger partial charge in [-0.05, 0) is 35.7 Å². The number of benzene rings is 1. The van der Waals surface area contributed by atoms with E-state index in [-0.39, 0.29) is 12.4 Å². The molecular formula is C18H24FNO3. The molecule has 0 amide bonds. The number of aliphatic hydroxyl groups excluding tert-OH is 2. The Bertz CT molecular complexity index is 595. The molecule has 2 rings (SSSR count). The van der Waals surface area contributed by atoms with Crippen LogP contribution in [0.3, 0.4) is 0 Å². The van der Waals surface area contributed by atoms with Crippen molar-refractivity contribution in [1.29, 1.82) is 0 Å². The first-order chi connectivity index (χ1) is 11.0. The fraction of sp³-hybridized carbons (Fsp3) is 0.444. The molecule has 0 aliphatic rings. The smallest absolute Gasteiger partial charge is 0.129 e. The van der Waals surface area contributed by atoms with Gasteiger partial charge in [-0.3, -0.25) is 4.90 Å². The number of hydrogen-bond acceptors (Lipinski definition) is 4. The zero-order chi connectivity index (χ0) is 16.8. The number of rotatable bonds is 8. The fourth-order valence-corrected chi connectivity index (χ4v) is 2.57. The van der Waals surface area contributed by atoms with Gasteiger partial charge in [-0.1, -0.05) is 26.0 Å². The van der Waals surface area contributed by atoms with Crippen LogP contribution in [0.2, 0.25) is 0 Å². The summed E-state index contributed by atoms with van der Waals surface area (Å²) >= 11 is 0. The summed E-state index contributed by atoms with van der Waals surface area (Å²) in [5.74, 6) is 1.40. The maximum atomic E-state index is 13.0. The van der Waals surface area contributed by atoms with Crippen molar-refractivity contribution in [2.24, 2.45) is 5.92 Å². The van der Waals surface area contributed by atoms with Crippen LogP contribution in [0.4, 0.5) is 4.39 Å². The minimum absolute atomic E-state index is 0.123. The summed E-state index contributed by atoms with van der Waals surface area (Å²) in [7, 11) is 0.